The van der Waals surface area contributed by atoms with Crippen molar-refractivity contribution in [3.05, 3.63) is 60.7 Å². The number of ether oxygens (including phenoxy) is 1. The SMILES string of the molecule is CC(C)(C)[Si](OCCC#CC1CCCCO1)(c1ccccc1)c1ccccc1. The summed E-state index contributed by atoms with van der Waals surface area (Å²) in [4.78, 5) is 0. The molecule has 148 valence electrons. The van der Waals surface area contributed by atoms with Crippen LogP contribution in [0.1, 0.15) is 46.5 Å². The summed E-state index contributed by atoms with van der Waals surface area (Å²) < 4.78 is 12.6. The molecule has 28 heavy (non-hydrogen) atoms. The smallest absolute Gasteiger partial charge is 0.261 e. The molecule has 0 amide bonds. The van der Waals surface area contributed by atoms with Gasteiger partial charge in [0.1, 0.15) is 6.10 Å². The number of hydrogen-bond acceptors (Lipinski definition) is 2. The summed E-state index contributed by atoms with van der Waals surface area (Å²) in [6.45, 7) is 8.41. The van der Waals surface area contributed by atoms with E-state index in [9.17, 15) is 0 Å². The van der Waals surface area contributed by atoms with Crippen molar-refractivity contribution in [3.8, 4) is 11.8 Å². The Balaban J connectivity index is 1.83. The van der Waals surface area contributed by atoms with Crippen molar-refractivity contribution in [1.29, 1.82) is 0 Å². The minimum absolute atomic E-state index is 0.00954. The Hall–Kier alpha value is -1.86. The monoisotopic (exact) mass is 392 g/mol. The predicted octanol–water partition coefficient (Wildman–Crippen LogP) is 4.53. The van der Waals surface area contributed by atoms with Crippen molar-refractivity contribution < 1.29 is 9.16 Å². The van der Waals surface area contributed by atoms with E-state index in [-0.39, 0.29) is 11.1 Å². The van der Waals surface area contributed by atoms with E-state index in [2.05, 4.69) is 93.3 Å². The number of hydrogen-bond donors (Lipinski definition) is 0. The second-order valence-electron chi connectivity index (χ2n) is 8.44. The summed E-state index contributed by atoms with van der Waals surface area (Å²) in [7, 11) is -2.44. The Labute approximate surface area is 171 Å². The molecule has 0 saturated carbocycles. The second-order valence-corrected chi connectivity index (χ2v) is 12.7. The summed E-state index contributed by atoms with van der Waals surface area (Å²) >= 11 is 0. The molecule has 2 aromatic carbocycles. The van der Waals surface area contributed by atoms with Gasteiger partial charge in [0, 0.05) is 19.6 Å². The van der Waals surface area contributed by atoms with Crippen LogP contribution in [0.4, 0.5) is 0 Å². The molecule has 0 aliphatic carbocycles. The summed E-state index contributed by atoms with van der Waals surface area (Å²) in [6, 6.07) is 21.5. The van der Waals surface area contributed by atoms with Crippen LogP contribution >= 0.6 is 0 Å². The second kappa shape index (κ2) is 9.56. The fourth-order valence-electron chi connectivity index (χ4n) is 4.06. The highest BCUT2D eigenvalue weighted by Gasteiger charge is 2.49. The van der Waals surface area contributed by atoms with Gasteiger partial charge in [0.2, 0.25) is 0 Å². The van der Waals surface area contributed by atoms with Crippen molar-refractivity contribution in [2.75, 3.05) is 13.2 Å². The molecule has 0 N–H and O–H groups in total. The minimum atomic E-state index is -2.44. The molecule has 1 aliphatic heterocycles. The molecule has 0 aromatic heterocycles. The van der Waals surface area contributed by atoms with Gasteiger partial charge in [0.15, 0.2) is 0 Å². The molecule has 1 saturated heterocycles. The Morgan fingerprint density at radius 2 is 1.57 bits per heavy atom. The Bertz CT molecular complexity index is 739. The first-order valence-electron chi connectivity index (χ1n) is 10.4. The van der Waals surface area contributed by atoms with Crippen LogP contribution in [-0.4, -0.2) is 27.6 Å². The first-order chi connectivity index (χ1) is 13.5. The topological polar surface area (TPSA) is 18.5 Å². The number of rotatable bonds is 5. The fourth-order valence-corrected chi connectivity index (χ4v) is 8.62. The van der Waals surface area contributed by atoms with Crippen molar-refractivity contribution in [2.24, 2.45) is 0 Å². The minimum Gasteiger partial charge on any atom is -0.406 e. The van der Waals surface area contributed by atoms with Gasteiger partial charge in [0.05, 0.1) is 0 Å². The zero-order valence-corrected chi connectivity index (χ0v) is 18.4. The van der Waals surface area contributed by atoms with Gasteiger partial charge in [-0.05, 0) is 34.7 Å². The van der Waals surface area contributed by atoms with E-state index in [0.717, 1.165) is 25.9 Å². The fraction of sp³-hybridized carbons (Fsp3) is 0.440. The maximum absolute atomic E-state index is 6.85. The lowest BCUT2D eigenvalue weighted by Gasteiger charge is -2.43. The van der Waals surface area contributed by atoms with Gasteiger partial charge in [-0.25, -0.2) is 0 Å². The standard InChI is InChI=1S/C25H32O2Si/c1-25(2,3)28(23-16-6-4-7-17-23,24-18-8-5-9-19-24)27-21-13-11-15-22-14-10-12-20-26-22/h4-9,16-19,22H,10,12-14,20-21H2,1-3H3. The van der Waals surface area contributed by atoms with E-state index in [1.54, 1.807) is 0 Å². The van der Waals surface area contributed by atoms with Gasteiger partial charge in [-0.1, -0.05) is 93.3 Å². The molecule has 3 rings (SSSR count). The highest BCUT2D eigenvalue weighted by atomic mass is 28.4. The van der Waals surface area contributed by atoms with Crippen LogP contribution in [0.25, 0.3) is 0 Å². The first kappa shape index (κ1) is 20.9. The lowest BCUT2D eigenvalue weighted by atomic mass is 10.1. The summed E-state index contributed by atoms with van der Waals surface area (Å²) in [5.41, 5.74) is 0. The van der Waals surface area contributed by atoms with Gasteiger partial charge < -0.3 is 9.16 Å². The van der Waals surface area contributed by atoms with Crippen LogP contribution < -0.4 is 10.4 Å². The van der Waals surface area contributed by atoms with Crippen molar-refractivity contribution in [1.82, 2.24) is 0 Å². The van der Waals surface area contributed by atoms with E-state index in [0.29, 0.717) is 6.61 Å². The average Bonchev–Trinajstić information content (AvgIpc) is 2.72. The van der Waals surface area contributed by atoms with Crippen molar-refractivity contribution in [2.45, 2.75) is 57.6 Å². The molecular weight excluding hydrogens is 360 g/mol. The zero-order chi connectivity index (χ0) is 19.9. The largest absolute Gasteiger partial charge is 0.406 e. The molecule has 1 aliphatic rings. The van der Waals surface area contributed by atoms with E-state index in [1.807, 2.05) is 0 Å². The normalized spacial score (nSPS) is 17.6. The third-order valence-corrected chi connectivity index (χ3v) is 10.4. The maximum atomic E-state index is 6.85. The van der Waals surface area contributed by atoms with Crippen molar-refractivity contribution >= 4 is 18.7 Å². The molecule has 2 aromatic rings. The molecule has 1 atom stereocenters. The molecular formula is C25H32O2Si. The molecule has 2 nitrogen and oxygen atoms in total. The third kappa shape index (κ3) is 4.75. The van der Waals surface area contributed by atoms with E-state index >= 15 is 0 Å². The summed E-state index contributed by atoms with van der Waals surface area (Å²) in [5.74, 6) is 6.59. The molecule has 0 radical (unpaired) electrons. The summed E-state index contributed by atoms with van der Waals surface area (Å²) in [6.07, 6.45) is 4.29. The predicted molar refractivity (Wildman–Crippen MR) is 120 cm³/mol. The van der Waals surface area contributed by atoms with Crippen LogP contribution in [0.5, 0.6) is 0 Å². The van der Waals surface area contributed by atoms with Gasteiger partial charge in [-0.2, -0.15) is 0 Å². The van der Waals surface area contributed by atoms with Crippen LogP contribution in [0, 0.1) is 11.8 Å². The van der Waals surface area contributed by atoms with Gasteiger partial charge in [0.25, 0.3) is 8.32 Å². The Kier molecular flexibility index (Phi) is 7.12. The van der Waals surface area contributed by atoms with Crippen LogP contribution in [0.15, 0.2) is 60.7 Å². The van der Waals surface area contributed by atoms with Crippen molar-refractivity contribution in [3.63, 3.8) is 0 Å². The lowest BCUT2D eigenvalue weighted by Crippen LogP contribution is -2.66. The van der Waals surface area contributed by atoms with Gasteiger partial charge >= 0.3 is 0 Å². The van der Waals surface area contributed by atoms with E-state index in [4.69, 9.17) is 9.16 Å². The quantitative estimate of drug-likeness (QED) is 0.423. The molecule has 3 heteroatoms. The Morgan fingerprint density at radius 1 is 0.964 bits per heavy atom. The average molecular weight is 393 g/mol. The zero-order valence-electron chi connectivity index (χ0n) is 17.4. The molecule has 1 heterocycles. The molecule has 0 spiro atoms. The van der Waals surface area contributed by atoms with Crippen LogP contribution in [0.2, 0.25) is 5.04 Å². The van der Waals surface area contributed by atoms with E-state index in [1.165, 1.54) is 16.8 Å². The summed E-state index contributed by atoms with van der Waals surface area (Å²) in [5, 5.41) is 2.64. The van der Waals surface area contributed by atoms with Crippen LogP contribution in [-0.2, 0) is 9.16 Å². The lowest BCUT2D eigenvalue weighted by molar-refractivity contribution is 0.0525. The molecule has 1 unspecified atom stereocenters. The van der Waals surface area contributed by atoms with Crippen LogP contribution in [0.3, 0.4) is 0 Å². The van der Waals surface area contributed by atoms with E-state index < -0.39 is 8.32 Å². The van der Waals surface area contributed by atoms with Gasteiger partial charge in [-0.3, -0.25) is 0 Å². The third-order valence-electron chi connectivity index (χ3n) is 5.41. The first-order valence-corrected chi connectivity index (χ1v) is 12.3. The maximum Gasteiger partial charge on any atom is 0.261 e. The molecule has 1 fully saturated rings. The highest BCUT2D eigenvalue weighted by Crippen LogP contribution is 2.36. The number of benzene rings is 2. The molecule has 0 bridgehead atoms. The van der Waals surface area contributed by atoms with Gasteiger partial charge in [-0.15, -0.1) is 0 Å². The highest BCUT2D eigenvalue weighted by molar-refractivity contribution is 6.99. The Morgan fingerprint density at radius 3 is 2.07 bits per heavy atom.